The number of aromatic nitrogens is 5. The molecule has 0 saturated carbocycles. The molecule has 3 aromatic rings. The molecule has 0 bridgehead atoms. The van der Waals surface area contributed by atoms with Gasteiger partial charge in [0.25, 0.3) is 11.8 Å². The molecule has 1 saturated heterocycles. The van der Waals surface area contributed by atoms with Crippen LogP contribution in [0.25, 0.3) is 0 Å². The first kappa shape index (κ1) is 19.5. The SMILES string of the molecule is Cc1cc(C(=O)N2CCCC2Cn2cc(C(=O)N3CCc4ccccc4C3)nn2)n[nH]1. The number of likely N-dealkylation sites (tertiary alicyclic amines) is 1. The summed E-state index contributed by atoms with van der Waals surface area (Å²) in [4.78, 5) is 29.4. The van der Waals surface area contributed by atoms with E-state index in [4.69, 9.17) is 0 Å². The van der Waals surface area contributed by atoms with Gasteiger partial charge in [-0.05, 0) is 43.4 Å². The highest BCUT2D eigenvalue weighted by Gasteiger charge is 2.31. The van der Waals surface area contributed by atoms with Gasteiger partial charge >= 0.3 is 0 Å². The van der Waals surface area contributed by atoms with E-state index in [9.17, 15) is 9.59 Å². The van der Waals surface area contributed by atoms with Crippen LogP contribution < -0.4 is 0 Å². The lowest BCUT2D eigenvalue weighted by Gasteiger charge is -2.28. The van der Waals surface area contributed by atoms with Crippen LogP contribution in [0.5, 0.6) is 0 Å². The smallest absolute Gasteiger partial charge is 0.276 e. The summed E-state index contributed by atoms with van der Waals surface area (Å²) in [6, 6.07) is 10.00. The first-order chi connectivity index (χ1) is 15.1. The maximum Gasteiger partial charge on any atom is 0.276 e. The van der Waals surface area contributed by atoms with Crippen molar-refractivity contribution in [3.05, 3.63) is 64.7 Å². The van der Waals surface area contributed by atoms with Gasteiger partial charge in [0, 0.05) is 25.3 Å². The second kappa shape index (κ2) is 7.98. The summed E-state index contributed by atoms with van der Waals surface area (Å²) in [6.45, 7) is 4.36. The molecule has 2 amide bonds. The van der Waals surface area contributed by atoms with E-state index in [0.717, 1.165) is 25.0 Å². The largest absolute Gasteiger partial charge is 0.333 e. The molecule has 1 atom stereocenters. The Hall–Kier alpha value is -3.49. The van der Waals surface area contributed by atoms with E-state index in [0.29, 0.717) is 37.6 Å². The van der Waals surface area contributed by atoms with Crippen molar-refractivity contribution in [3.63, 3.8) is 0 Å². The summed E-state index contributed by atoms with van der Waals surface area (Å²) in [5, 5.41) is 15.2. The lowest BCUT2D eigenvalue weighted by atomic mass is 10.00. The third-order valence-corrected chi connectivity index (χ3v) is 6.14. The van der Waals surface area contributed by atoms with Gasteiger partial charge < -0.3 is 9.80 Å². The number of aromatic amines is 1. The number of fused-ring (bicyclic) bond motifs is 1. The number of nitrogens with one attached hydrogen (secondary N) is 1. The molecule has 0 aliphatic carbocycles. The van der Waals surface area contributed by atoms with Crippen molar-refractivity contribution in [2.75, 3.05) is 13.1 Å². The van der Waals surface area contributed by atoms with Gasteiger partial charge in [-0.3, -0.25) is 14.7 Å². The predicted octanol–water partition coefficient (Wildman–Crippen LogP) is 1.81. The molecule has 1 N–H and O–H groups in total. The van der Waals surface area contributed by atoms with Gasteiger partial charge in [-0.1, -0.05) is 29.5 Å². The number of carbonyl (C=O) groups is 2. The van der Waals surface area contributed by atoms with Crippen molar-refractivity contribution >= 4 is 11.8 Å². The van der Waals surface area contributed by atoms with E-state index >= 15 is 0 Å². The van der Waals surface area contributed by atoms with Crippen LogP contribution in [0.4, 0.5) is 0 Å². The average molecular weight is 419 g/mol. The first-order valence-electron chi connectivity index (χ1n) is 10.7. The fourth-order valence-electron chi connectivity index (χ4n) is 4.50. The lowest BCUT2D eigenvalue weighted by Crippen LogP contribution is -2.38. The summed E-state index contributed by atoms with van der Waals surface area (Å²) in [5.41, 5.74) is 4.12. The number of amides is 2. The van der Waals surface area contributed by atoms with E-state index in [-0.39, 0.29) is 17.9 Å². The normalized spacial score (nSPS) is 18.3. The molecule has 2 aromatic heterocycles. The molecule has 5 rings (SSSR count). The van der Waals surface area contributed by atoms with E-state index in [1.54, 1.807) is 16.9 Å². The van der Waals surface area contributed by atoms with Crippen molar-refractivity contribution in [3.8, 4) is 0 Å². The number of carbonyl (C=O) groups excluding carboxylic acids is 2. The Bertz CT molecular complexity index is 1120. The van der Waals surface area contributed by atoms with Gasteiger partial charge in [-0.2, -0.15) is 5.10 Å². The van der Waals surface area contributed by atoms with Crippen LogP contribution in [-0.2, 0) is 19.5 Å². The van der Waals surface area contributed by atoms with Gasteiger partial charge in [0.15, 0.2) is 5.69 Å². The minimum Gasteiger partial charge on any atom is -0.333 e. The van der Waals surface area contributed by atoms with Crippen molar-refractivity contribution in [2.24, 2.45) is 0 Å². The number of nitrogens with zero attached hydrogens (tertiary/aromatic N) is 6. The second-order valence-corrected chi connectivity index (χ2v) is 8.30. The van der Waals surface area contributed by atoms with Gasteiger partial charge in [-0.15, -0.1) is 5.10 Å². The van der Waals surface area contributed by atoms with Crippen LogP contribution >= 0.6 is 0 Å². The van der Waals surface area contributed by atoms with E-state index in [2.05, 4.69) is 32.6 Å². The third-order valence-electron chi connectivity index (χ3n) is 6.14. The zero-order valence-electron chi connectivity index (χ0n) is 17.5. The number of hydrogen-bond donors (Lipinski definition) is 1. The Morgan fingerprint density at radius 2 is 1.97 bits per heavy atom. The molecule has 1 aromatic carbocycles. The second-order valence-electron chi connectivity index (χ2n) is 8.30. The van der Waals surface area contributed by atoms with Crippen LogP contribution in [0.1, 0.15) is 50.6 Å². The summed E-state index contributed by atoms with van der Waals surface area (Å²) in [7, 11) is 0. The topological polar surface area (TPSA) is 100 Å². The highest BCUT2D eigenvalue weighted by molar-refractivity contribution is 5.93. The Morgan fingerprint density at radius 1 is 1.13 bits per heavy atom. The van der Waals surface area contributed by atoms with Crippen molar-refractivity contribution < 1.29 is 9.59 Å². The summed E-state index contributed by atoms with van der Waals surface area (Å²) >= 11 is 0. The monoisotopic (exact) mass is 419 g/mol. The maximum atomic E-state index is 13.0. The number of rotatable bonds is 4. The summed E-state index contributed by atoms with van der Waals surface area (Å²) in [5.74, 6) is -0.178. The molecule has 2 aliphatic rings. The fourth-order valence-corrected chi connectivity index (χ4v) is 4.50. The molecular formula is C22H25N7O2. The molecule has 1 unspecified atom stereocenters. The Labute approximate surface area is 180 Å². The van der Waals surface area contributed by atoms with Crippen LogP contribution in [0.3, 0.4) is 0 Å². The number of H-pyrrole nitrogens is 1. The maximum absolute atomic E-state index is 13.0. The molecule has 0 spiro atoms. The van der Waals surface area contributed by atoms with Gasteiger partial charge in [0.05, 0.1) is 18.8 Å². The molecule has 31 heavy (non-hydrogen) atoms. The van der Waals surface area contributed by atoms with Crippen molar-refractivity contribution in [1.82, 2.24) is 35.0 Å². The Morgan fingerprint density at radius 3 is 2.77 bits per heavy atom. The van der Waals surface area contributed by atoms with Crippen LogP contribution in [0.15, 0.2) is 36.5 Å². The molecule has 160 valence electrons. The Balaban J connectivity index is 1.25. The van der Waals surface area contributed by atoms with Gasteiger partial charge in [-0.25, -0.2) is 4.68 Å². The van der Waals surface area contributed by atoms with Crippen molar-refractivity contribution in [2.45, 2.75) is 45.3 Å². The molecule has 9 nitrogen and oxygen atoms in total. The molecule has 2 aliphatic heterocycles. The average Bonchev–Trinajstić information content (AvgIpc) is 3.54. The van der Waals surface area contributed by atoms with Crippen molar-refractivity contribution in [1.29, 1.82) is 0 Å². The van der Waals surface area contributed by atoms with E-state index < -0.39 is 0 Å². The van der Waals surface area contributed by atoms with Gasteiger partial charge in [0.1, 0.15) is 5.69 Å². The molecule has 0 radical (unpaired) electrons. The first-order valence-corrected chi connectivity index (χ1v) is 10.7. The molecule has 1 fully saturated rings. The summed E-state index contributed by atoms with van der Waals surface area (Å²) < 4.78 is 1.68. The van der Waals surface area contributed by atoms with E-state index in [1.165, 1.54) is 11.1 Å². The van der Waals surface area contributed by atoms with Crippen LogP contribution in [0.2, 0.25) is 0 Å². The minimum absolute atomic E-state index is 0.0102. The quantitative estimate of drug-likeness (QED) is 0.695. The van der Waals surface area contributed by atoms with Gasteiger partial charge in [0.2, 0.25) is 0 Å². The standard InChI is InChI=1S/C22H25N7O2/c1-15-11-19(24-23-15)22(31)29-9-4-7-18(29)13-28-14-20(25-26-28)21(30)27-10-8-16-5-2-3-6-17(16)12-27/h2-3,5-6,11,14,18H,4,7-10,12-13H2,1H3,(H,23,24). The summed E-state index contributed by atoms with van der Waals surface area (Å²) in [6.07, 6.45) is 4.37. The molecular weight excluding hydrogens is 394 g/mol. The number of hydrogen-bond acceptors (Lipinski definition) is 5. The molecule has 9 heteroatoms. The minimum atomic E-state index is -0.105. The fraction of sp³-hybridized carbons (Fsp3) is 0.409. The predicted molar refractivity (Wildman–Crippen MR) is 112 cm³/mol. The van der Waals surface area contributed by atoms with Crippen LogP contribution in [0, 0.1) is 6.92 Å². The number of aryl methyl sites for hydroxylation is 1. The Kier molecular flexibility index (Phi) is 5.01. The zero-order valence-corrected chi connectivity index (χ0v) is 17.5. The highest BCUT2D eigenvalue weighted by atomic mass is 16.2. The zero-order chi connectivity index (χ0) is 21.4. The highest BCUT2D eigenvalue weighted by Crippen LogP contribution is 2.22. The molecule has 4 heterocycles. The van der Waals surface area contributed by atoms with E-state index in [1.807, 2.05) is 28.9 Å². The van der Waals surface area contributed by atoms with Crippen LogP contribution in [-0.4, -0.2) is 65.9 Å². The number of benzene rings is 1. The third kappa shape index (κ3) is 3.83. The lowest BCUT2D eigenvalue weighted by molar-refractivity contribution is 0.0710.